The van der Waals surface area contributed by atoms with Crippen molar-refractivity contribution in [3.63, 3.8) is 0 Å². The maximum atomic E-state index is 12.2. The standard InChI is InChI=1S/C22H25NO2/c1-4-21(24)19-15-23(20-9-6-5-8-18(19)20)12-7-13-25-22-14-16(2)10-11-17(22)3/h5-6,8-11,14-15H,4,7,12-13H2,1-3H3. The number of hydrogen-bond acceptors (Lipinski definition) is 2. The molecule has 0 aliphatic heterocycles. The van der Waals surface area contributed by atoms with E-state index < -0.39 is 0 Å². The van der Waals surface area contributed by atoms with E-state index in [1.54, 1.807) is 0 Å². The van der Waals surface area contributed by atoms with E-state index in [1.165, 1.54) is 5.56 Å². The van der Waals surface area contributed by atoms with Gasteiger partial charge >= 0.3 is 0 Å². The molecule has 3 nitrogen and oxygen atoms in total. The highest BCUT2D eigenvalue weighted by molar-refractivity contribution is 6.07. The van der Waals surface area contributed by atoms with Crippen LogP contribution >= 0.6 is 0 Å². The fourth-order valence-electron chi connectivity index (χ4n) is 3.12. The first-order valence-electron chi connectivity index (χ1n) is 8.91. The molecular weight excluding hydrogens is 310 g/mol. The van der Waals surface area contributed by atoms with Gasteiger partial charge in [0.05, 0.1) is 6.61 Å². The zero-order chi connectivity index (χ0) is 17.8. The summed E-state index contributed by atoms with van der Waals surface area (Å²) in [7, 11) is 0. The van der Waals surface area contributed by atoms with E-state index in [-0.39, 0.29) is 5.78 Å². The maximum absolute atomic E-state index is 12.2. The van der Waals surface area contributed by atoms with Gasteiger partial charge in [-0.1, -0.05) is 37.3 Å². The van der Waals surface area contributed by atoms with Crippen molar-refractivity contribution in [1.82, 2.24) is 4.57 Å². The van der Waals surface area contributed by atoms with Crippen LogP contribution in [0, 0.1) is 13.8 Å². The van der Waals surface area contributed by atoms with Crippen LogP contribution in [0.25, 0.3) is 10.9 Å². The smallest absolute Gasteiger partial charge is 0.164 e. The number of fused-ring (bicyclic) bond motifs is 1. The number of carbonyl (C=O) groups is 1. The monoisotopic (exact) mass is 335 g/mol. The molecule has 0 fully saturated rings. The van der Waals surface area contributed by atoms with Gasteiger partial charge in [-0.2, -0.15) is 0 Å². The fourth-order valence-corrected chi connectivity index (χ4v) is 3.12. The molecule has 0 aliphatic rings. The van der Waals surface area contributed by atoms with Crippen LogP contribution in [0.4, 0.5) is 0 Å². The Morgan fingerprint density at radius 3 is 2.72 bits per heavy atom. The summed E-state index contributed by atoms with van der Waals surface area (Å²) in [4.78, 5) is 12.2. The zero-order valence-electron chi connectivity index (χ0n) is 15.2. The molecule has 3 aromatic rings. The van der Waals surface area contributed by atoms with Gasteiger partial charge in [0, 0.05) is 35.6 Å². The van der Waals surface area contributed by atoms with Crippen LogP contribution in [0.5, 0.6) is 5.75 Å². The Balaban J connectivity index is 1.69. The van der Waals surface area contributed by atoms with Crippen molar-refractivity contribution in [3.8, 4) is 5.75 Å². The molecule has 0 saturated heterocycles. The third-order valence-corrected chi connectivity index (χ3v) is 4.55. The summed E-state index contributed by atoms with van der Waals surface area (Å²) in [6, 6.07) is 14.4. The second-order valence-electron chi connectivity index (χ2n) is 6.50. The molecule has 0 unspecified atom stereocenters. The van der Waals surface area contributed by atoms with Crippen molar-refractivity contribution < 1.29 is 9.53 Å². The summed E-state index contributed by atoms with van der Waals surface area (Å²) >= 11 is 0. The van der Waals surface area contributed by atoms with Gasteiger partial charge in [-0.15, -0.1) is 0 Å². The Kier molecular flexibility index (Phi) is 5.22. The topological polar surface area (TPSA) is 31.2 Å². The average molecular weight is 335 g/mol. The molecule has 130 valence electrons. The Morgan fingerprint density at radius 2 is 1.92 bits per heavy atom. The van der Waals surface area contributed by atoms with Gasteiger partial charge in [0.25, 0.3) is 0 Å². The zero-order valence-corrected chi connectivity index (χ0v) is 15.2. The lowest BCUT2D eigenvalue weighted by Crippen LogP contribution is -2.05. The van der Waals surface area contributed by atoms with Crippen molar-refractivity contribution in [2.24, 2.45) is 0 Å². The fraction of sp³-hybridized carbons (Fsp3) is 0.318. The average Bonchev–Trinajstić information content (AvgIpc) is 3.00. The summed E-state index contributed by atoms with van der Waals surface area (Å²) in [5.41, 5.74) is 4.31. The van der Waals surface area contributed by atoms with Crippen LogP contribution in [-0.2, 0) is 6.54 Å². The van der Waals surface area contributed by atoms with E-state index in [4.69, 9.17) is 4.74 Å². The first-order valence-corrected chi connectivity index (χ1v) is 8.91. The summed E-state index contributed by atoms with van der Waals surface area (Å²) < 4.78 is 8.12. The van der Waals surface area contributed by atoms with Gasteiger partial charge in [0.1, 0.15) is 5.75 Å². The molecule has 25 heavy (non-hydrogen) atoms. The molecule has 0 amide bonds. The van der Waals surface area contributed by atoms with Gasteiger partial charge in [0.2, 0.25) is 0 Å². The molecule has 0 spiro atoms. The maximum Gasteiger partial charge on any atom is 0.164 e. The molecule has 0 aliphatic carbocycles. The van der Waals surface area contributed by atoms with E-state index in [0.29, 0.717) is 13.0 Å². The van der Waals surface area contributed by atoms with Crippen molar-refractivity contribution in [1.29, 1.82) is 0 Å². The minimum Gasteiger partial charge on any atom is -0.493 e. The Labute approximate surface area is 149 Å². The largest absolute Gasteiger partial charge is 0.493 e. The van der Waals surface area contributed by atoms with Crippen molar-refractivity contribution in [2.45, 2.75) is 40.2 Å². The Hall–Kier alpha value is -2.55. The quantitative estimate of drug-likeness (QED) is 0.432. The van der Waals surface area contributed by atoms with Crippen LogP contribution in [0.3, 0.4) is 0 Å². The molecule has 0 radical (unpaired) electrons. The molecule has 1 heterocycles. The number of Topliss-reactive ketones (excluding diaryl/α,β-unsaturated/α-hetero) is 1. The highest BCUT2D eigenvalue weighted by Crippen LogP contribution is 2.23. The molecule has 3 heteroatoms. The lowest BCUT2D eigenvalue weighted by molar-refractivity contribution is 0.0989. The molecule has 3 rings (SSSR count). The molecule has 0 N–H and O–H groups in total. The normalized spacial score (nSPS) is 11.0. The van der Waals surface area contributed by atoms with Crippen molar-refractivity contribution in [2.75, 3.05) is 6.61 Å². The number of ketones is 1. The van der Waals surface area contributed by atoms with Crippen LogP contribution in [0.15, 0.2) is 48.7 Å². The number of benzene rings is 2. The number of rotatable bonds is 7. The van der Waals surface area contributed by atoms with Gasteiger partial charge in [-0.05, 0) is 43.5 Å². The minimum absolute atomic E-state index is 0.196. The number of carbonyl (C=O) groups excluding carboxylic acids is 1. The van der Waals surface area contributed by atoms with Crippen LogP contribution in [0.2, 0.25) is 0 Å². The third kappa shape index (κ3) is 3.76. The highest BCUT2D eigenvalue weighted by atomic mass is 16.5. The Morgan fingerprint density at radius 1 is 1.12 bits per heavy atom. The lowest BCUT2D eigenvalue weighted by atomic mass is 10.1. The van der Waals surface area contributed by atoms with Gasteiger partial charge in [-0.3, -0.25) is 4.79 Å². The third-order valence-electron chi connectivity index (χ3n) is 4.55. The SMILES string of the molecule is CCC(=O)c1cn(CCCOc2cc(C)ccc2C)c2ccccc12. The second kappa shape index (κ2) is 7.56. The van der Waals surface area contributed by atoms with E-state index >= 15 is 0 Å². The first-order chi connectivity index (χ1) is 12.1. The van der Waals surface area contributed by atoms with Gasteiger partial charge in [0.15, 0.2) is 5.78 Å². The number of aryl methyl sites for hydroxylation is 3. The van der Waals surface area contributed by atoms with Crippen molar-refractivity contribution in [3.05, 3.63) is 65.4 Å². The lowest BCUT2D eigenvalue weighted by Gasteiger charge is -2.10. The predicted octanol–water partition coefficient (Wildman–Crippen LogP) is 5.32. The molecule has 1 aromatic heterocycles. The highest BCUT2D eigenvalue weighted by Gasteiger charge is 2.13. The molecule has 0 bridgehead atoms. The predicted molar refractivity (Wildman–Crippen MR) is 103 cm³/mol. The van der Waals surface area contributed by atoms with Crippen LogP contribution < -0.4 is 4.74 Å². The van der Waals surface area contributed by atoms with E-state index in [0.717, 1.165) is 40.7 Å². The summed E-state index contributed by atoms with van der Waals surface area (Å²) in [5.74, 6) is 1.15. The van der Waals surface area contributed by atoms with Crippen LogP contribution in [-0.4, -0.2) is 17.0 Å². The van der Waals surface area contributed by atoms with E-state index in [1.807, 2.05) is 31.3 Å². The van der Waals surface area contributed by atoms with Crippen molar-refractivity contribution >= 4 is 16.7 Å². The van der Waals surface area contributed by atoms with Gasteiger partial charge in [-0.25, -0.2) is 0 Å². The van der Waals surface area contributed by atoms with Crippen LogP contribution in [0.1, 0.15) is 41.3 Å². The number of aromatic nitrogens is 1. The number of ether oxygens (including phenoxy) is 1. The summed E-state index contributed by atoms with van der Waals surface area (Å²) in [5, 5.41) is 1.05. The minimum atomic E-state index is 0.196. The van der Waals surface area contributed by atoms with E-state index in [9.17, 15) is 4.79 Å². The second-order valence-corrected chi connectivity index (χ2v) is 6.50. The number of hydrogen-bond donors (Lipinski definition) is 0. The molecule has 0 atom stereocenters. The molecular formula is C22H25NO2. The summed E-state index contributed by atoms with van der Waals surface area (Å²) in [6.45, 7) is 7.55. The number of para-hydroxylation sites is 1. The molecule has 2 aromatic carbocycles. The van der Waals surface area contributed by atoms with Gasteiger partial charge < -0.3 is 9.30 Å². The number of nitrogens with zero attached hydrogens (tertiary/aromatic N) is 1. The molecule has 0 saturated carbocycles. The van der Waals surface area contributed by atoms with E-state index in [2.05, 4.69) is 42.7 Å². The first kappa shape index (κ1) is 17.3. The Bertz CT molecular complexity index is 892. The summed E-state index contributed by atoms with van der Waals surface area (Å²) in [6.07, 6.45) is 3.42.